The second-order valence-corrected chi connectivity index (χ2v) is 4.41. The maximum Gasteiger partial charge on any atom is 0.224 e. The number of hydrazine groups is 1. The van der Waals surface area contributed by atoms with Crippen LogP contribution in [0, 0.1) is 0 Å². The van der Waals surface area contributed by atoms with E-state index in [1.54, 1.807) is 0 Å². The lowest BCUT2D eigenvalue weighted by Crippen LogP contribution is -2.58. The summed E-state index contributed by atoms with van der Waals surface area (Å²) in [6.45, 7) is 1.69. The predicted octanol–water partition coefficient (Wildman–Crippen LogP) is 0.512. The van der Waals surface area contributed by atoms with Gasteiger partial charge in [0.15, 0.2) is 5.82 Å². The third-order valence-electron chi connectivity index (χ3n) is 2.81. The molecule has 3 saturated heterocycles. The average Bonchev–Trinajstić information content (AvgIpc) is 2.23. The van der Waals surface area contributed by atoms with Crippen molar-refractivity contribution in [2.24, 2.45) is 0 Å². The zero-order valence-corrected chi connectivity index (χ0v) is 9.31. The highest BCUT2D eigenvalue weighted by Crippen LogP contribution is 2.28. The fraction of sp³-hybridized carbons (Fsp3) is 0.556. The third kappa shape index (κ3) is 1.79. The molecule has 16 heavy (non-hydrogen) atoms. The fourth-order valence-corrected chi connectivity index (χ4v) is 2.19. The van der Waals surface area contributed by atoms with E-state index in [-0.39, 0.29) is 5.28 Å². The molecule has 4 heterocycles. The summed E-state index contributed by atoms with van der Waals surface area (Å²) in [5, 5.41) is 2.24. The predicted molar refractivity (Wildman–Crippen MR) is 59.9 cm³/mol. The van der Waals surface area contributed by atoms with Crippen molar-refractivity contribution in [1.29, 1.82) is 0 Å². The smallest absolute Gasteiger partial charge is 0.224 e. The molecule has 0 saturated carbocycles. The molecule has 1 aromatic rings. The van der Waals surface area contributed by atoms with Gasteiger partial charge in [0.25, 0.3) is 0 Å². The quantitative estimate of drug-likeness (QED) is 0.735. The summed E-state index contributed by atoms with van der Waals surface area (Å²) < 4.78 is 5.53. The molecule has 1 aromatic heterocycles. The summed E-state index contributed by atoms with van der Waals surface area (Å²) in [6, 6.07) is 0. The molecule has 3 N–H and O–H groups in total. The van der Waals surface area contributed by atoms with Crippen molar-refractivity contribution in [1.82, 2.24) is 15.0 Å². The largest absolute Gasteiger partial charge is 0.394 e. The van der Waals surface area contributed by atoms with Crippen molar-refractivity contribution >= 4 is 23.1 Å². The van der Waals surface area contributed by atoms with Gasteiger partial charge < -0.3 is 15.9 Å². The third-order valence-corrected chi connectivity index (χ3v) is 2.99. The van der Waals surface area contributed by atoms with Crippen LogP contribution in [0.2, 0.25) is 5.28 Å². The minimum Gasteiger partial charge on any atom is -0.394 e. The van der Waals surface area contributed by atoms with E-state index in [0.29, 0.717) is 23.7 Å². The number of nitrogens with one attached hydrogen (secondary N) is 1. The number of hydrogen-bond donors (Lipinski definition) is 2. The van der Waals surface area contributed by atoms with Crippen molar-refractivity contribution < 1.29 is 4.74 Å². The van der Waals surface area contributed by atoms with E-state index < -0.39 is 0 Å². The van der Waals surface area contributed by atoms with E-state index in [4.69, 9.17) is 22.1 Å². The van der Waals surface area contributed by atoms with Crippen molar-refractivity contribution in [3.05, 3.63) is 11.5 Å². The summed E-state index contributed by atoms with van der Waals surface area (Å²) >= 11 is 5.71. The molecule has 2 atom stereocenters. The van der Waals surface area contributed by atoms with Gasteiger partial charge in [-0.15, -0.1) is 0 Å². The van der Waals surface area contributed by atoms with Crippen molar-refractivity contribution in [2.45, 2.75) is 18.6 Å². The molecule has 2 bridgehead atoms. The van der Waals surface area contributed by atoms with Crippen LogP contribution in [0.3, 0.4) is 0 Å². The molecule has 0 radical (unpaired) electrons. The van der Waals surface area contributed by atoms with Gasteiger partial charge in [-0.25, -0.2) is 9.99 Å². The van der Waals surface area contributed by atoms with E-state index >= 15 is 0 Å². The highest BCUT2D eigenvalue weighted by atomic mass is 35.5. The van der Waals surface area contributed by atoms with E-state index in [9.17, 15) is 0 Å². The Bertz CT molecular complexity index is 399. The Morgan fingerprint density at radius 2 is 2.19 bits per heavy atom. The number of ether oxygens (including phenoxy) is 1. The van der Waals surface area contributed by atoms with Gasteiger partial charge in [-0.1, -0.05) is 0 Å². The molecule has 3 aliphatic heterocycles. The molecule has 3 aliphatic rings. The van der Waals surface area contributed by atoms with Crippen LogP contribution in [0.25, 0.3) is 0 Å². The number of hydrogen-bond acceptors (Lipinski definition) is 6. The Kier molecular flexibility index (Phi) is 2.34. The molecule has 0 aromatic carbocycles. The van der Waals surface area contributed by atoms with Gasteiger partial charge in [0, 0.05) is 19.5 Å². The van der Waals surface area contributed by atoms with Gasteiger partial charge in [-0.05, 0) is 11.6 Å². The number of rotatable bonds is 2. The zero-order valence-electron chi connectivity index (χ0n) is 8.56. The fourth-order valence-electron chi connectivity index (χ4n) is 2.06. The lowest BCUT2D eigenvalue weighted by atomic mass is 10.0. The number of nitrogens with two attached hydrogens (primary N) is 1. The minimum atomic E-state index is 0.190. The second kappa shape index (κ2) is 3.73. The average molecular weight is 242 g/mol. The number of nitrogens with zero attached hydrogens (tertiary/aromatic N) is 3. The minimum absolute atomic E-state index is 0.190. The van der Waals surface area contributed by atoms with Crippen LogP contribution < -0.4 is 11.2 Å². The lowest BCUT2D eigenvalue weighted by Gasteiger charge is -2.46. The van der Waals surface area contributed by atoms with Crippen molar-refractivity contribution in [3.8, 4) is 0 Å². The van der Waals surface area contributed by atoms with E-state index in [2.05, 4.69) is 20.4 Å². The van der Waals surface area contributed by atoms with Crippen LogP contribution in [-0.2, 0) is 4.74 Å². The van der Waals surface area contributed by atoms with Crippen LogP contribution in [0.5, 0.6) is 0 Å². The first-order valence-corrected chi connectivity index (χ1v) is 5.53. The SMILES string of the molecule is Nc1cnc(Cl)nc1NN1CC2CC(C1)O2. The van der Waals surface area contributed by atoms with E-state index in [1.807, 2.05) is 0 Å². The van der Waals surface area contributed by atoms with Gasteiger partial charge in [0.05, 0.1) is 24.1 Å². The number of piperidine rings is 1. The van der Waals surface area contributed by atoms with Crippen LogP contribution in [0.15, 0.2) is 6.20 Å². The highest BCUT2D eigenvalue weighted by molar-refractivity contribution is 6.28. The number of morpholine rings is 1. The van der Waals surface area contributed by atoms with Gasteiger partial charge in [-0.3, -0.25) is 0 Å². The summed E-state index contributed by atoms with van der Waals surface area (Å²) in [7, 11) is 0. The lowest BCUT2D eigenvalue weighted by molar-refractivity contribution is -0.176. The standard InChI is InChI=1S/C9H12ClN5O/c10-9-12-2-7(11)8(13-9)14-15-3-5-1-6(4-15)16-5/h2,5-6H,1,3-4,11H2,(H,12,13,14). The molecular formula is C9H12ClN5O. The van der Waals surface area contributed by atoms with Crippen molar-refractivity contribution in [3.63, 3.8) is 0 Å². The first kappa shape index (κ1) is 10.1. The maximum atomic E-state index is 5.75. The van der Waals surface area contributed by atoms with Crippen LogP contribution >= 0.6 is 11.6 Å². The summed E-state index contributed by atoms with van der Waals surface area (Å²) in [5.41, 5.74) is 9.38. The number of halogens is 1. The number of nitrogen functional groups attached to an aromatic ring is 1. The molecule has 0 aliphatic carbocycles. The van der Waals surface area contributed by atoms with E-state index in [1.165, 1.54) is 6.20 Å². The first-order chi connectivity index (χ1) is 7.70. The molecule has 0 spiro atoms. The van der Waals surface area contributed by atoms with Gasteiger partial charge in [-0.2, -0.15) is 4.98 Å². The second-order valence-electron chi connectivity index (χ2n) is 4.08. The Balaban J connectivity index is 1.71. The van der Waals surface area contributed by atoms with Crippen LogP contribution in [-0.4, -0.2) is 40.3 Å². The number of aromatic nitrogens is 2. The topological polar surface area (TPSA) is 76.3 Å². The van der Waals surface area contributed by atoms with Gasteiger partial charge >= 0.3 is 0 Å². The molecular weight excluding hydrogens is 230 g/mol. The molecule has 2 unspecified atom stereocenters. The first-order valence-electron chi connectivity index (χ1n) is 5.16. The Labute approximate surface area is 97.7 Å². The Morgan fingerprint density at radius 3 is 2.88 bits per heavy atom. The number of fused-ring (bicyclic) bond motifs is 2. The monoisotopic (exact) mass is 241 g/mol. The molecule has 86 valence electrons. The molecule has 7 heteroatoms. The summed E-state index contributed by atoms with van der Waals surface area (Å²) in [6.07, 6.45) is 3.33. The Morgan fingerprint density at radius 1 is 1.50 bits per heavy atom. The van der Waals surface area contributed by atoms with Crippen LogP contribution in [0.1, 0.15) is 6.42 Å². The summed E-state index contributed by atoms with van der Waals surface area (Å²) in [5.74, 6) is 0.557. The molecule has 0 amide bonds. The van der Waals surface area contributed by atoms with Crippen LogP contribution in [0.4, 0.5) is 11.5 Å². The highest BCUT2D eigenvalue weighted by Gasteiger charge is 2.38. The van der Waals surface area contributed by atoms with Gasteiger partial charge in [0.1, 0.15) is 0 Å². The number of anilines is 2. The molecule has 3 fully saturated rings. The molecule has 6 nitrogen and oxygen atoms in total. The van der Waals surface area contributed by atoms with Gasteiger partial charge in [0.2, 0.25) is 5.28 Å². The normalized spacial score (nSPS) is 28.6. The zero-order chi connectivity index (χ0) is 11.1. The van der Waals surface area contributed by atoms with Crippen molar-refractivity contribution in [2.75, 3.05) is 24.2 Å². The van der Waals surface area contributed by atoms with E-state index in [0.717, 1.165) is 19.5 Å². The molecule has 4 rings (SSSR count). The summed E-state index contributed by atoms with van der Waals surface area (Å²) in [4.78, 5) is 7.84. The maximum absolute atomic E-state index is 5.75. The Hall–Kier alpha value is -1.11.